The van der Waals surface area contributed by atoms with Crippen LogP contribution in [0.5, 0.6) is 0 Å². The minimum atomic E-state index is 0.435. The van der Waals surface area contributed by atoms with Crippen LogP contribution in [0, 0.1) is 0 Å². The third kappa shape index (κ3) is 3.00. The van der Waals surface area contributed by atoms with Gasteiger partial charge in [-0.25, -0.2) is 0 Å². The summed E-state index contributed by atoms with van der Waals surface area (Å²) in [6, 6.07) is 2.70. The maximum Gasteiger partial charge on any atom is 0.206 e. The molecule has 0 bridgehead atoms. The van der Waals surface area contributed by atoms with Crippen molar-refractivity contribution in [3.8, 4) is 0 Å². The van der Waals surface area contributed by atoms with Gasteiger partial charge < -0.3 is 5.32 Å². The van der Waals surface area contributed by atoms with Crippen molar-refractivity contribution in [1.29, 1.82) is 0 Å². The molecule has 0 unspecified atom stereocenters. The maximum atomic E-state index is 4.66. The SMILES string of the molecule is CC(C)c1nnc(NCc2ccn(C3CCCC3)n2)s1. The van der Waals surface area contributed by atoms with E-state index in [0.717, 1.165) is 15.8 Å². The van der Waals surface area contributed by atoms with Gasteiger partial charge in [0.1, 0.15) is 5.01 Å². The van der Waals surface area contributed by atoms with Crippen LogP contribution in [0.1, 0.15) is 62.2 Å². The highest BCUT2D eigenvalue weighted by Crippen LogP contribution is 2.28. The van der Waals surface area contributed by atoms with Crippen LogP contribution in [0.4, 0.5) is 5.13 Å². The van der Waals surface area contributed by atoms with Gasteiger partial charge in [-0.2, -0.15) is 5.10 Å². The van der Waals surface area contributed by atoms with Gasteiger partial charge in [0.15, 0.2) is 0 Å². The average molecular weight is 291 g/mol. The van der Waals surface area contributed by atoms with Gasteiger partial charge in [-0.15, -0.1) is 10.2 Å². The number of hydrogen-bond acceptors (Lipinski definition) is 5. The molecule has 1 saturated carbocycles. The van der Waals surface area contributed by atoms with Crippen molar-refractivity contribution < 1.29 is 0 Å². The summed E-state index contributed by atoms with van der Waals surface area (Å²) in [4.78, 5) is 0. The van der Waals surface area contributed by atoms with Gasteiger partial charge in [0.25, 0.3) is 0 Å². The molecule has 108 valence electrons. The molecule has 2 heterocycles. The second-order valence-corrected chi connectivity index (χ2v) is 6.69. The van der Waals surface area contributed by atoms with Crippen LogP contribution >= 0.6 is 11.3 Å². The first-order valence-electron chi connectivity index (χ1n) is 7.33. The fourth-order valence-corrected chi connectivity index (χ4v) is 3.29. The first kappa shape index (κ1) is 13.5. The summed E-state index contributed by atoms with van der Waals surface area (Å²) in [6.45, 7) is 4.98. The van der Waals surface area contributed by atoms with Crippen LogP contribution in [0.2, 0.25) is 0 Å². The Morgan fingerprint density at radius 2 is 2.15 bits per heavy atom. The van der Waals surface area contributed by atoms with E-state index in [1.54, 1.807) is 11.3 Å². The lowest BCUT2D eigenvalue weighted by molar-refractivity contribution is 0.463. The molecule has 0 saturated heterocycles. The minimum Gasteiger partial charge on any atom is -0.354 e. The van der Waals surface area contributed by atoms with Crippen LogP contribution < -0.4 is 5.32 Å². The van der Waals surface area contributed by atoms with E-state index in [9.17, 15) is 0 Å². The molecule has 0 amide bonds. The zero-order chi connectivity index (χ0) is 13.9. The average Bonchev–Trinajstić information content (AvgIpc) is 3.17. The van der Waals surface area contributed by atoms with Crippen molar-refractivity contribution in [3.63, 3.8) is 0 Å². The largest absolute Gasteiger partial charge is 0.354 e. The molecule has 1 aliphatic carbocycles. The van der Waals surface area contributed by atoms with Gasteiger partial charge in [0, 0.05) is 12.1 Å². The summed E-state index contributed by atoms with van der Waals surface area (Å²) in [5, 5.41) is 18.3. The lowest BCUT2D eigenvalue weighted by Gasteiger charge is -2.08. The lowest BCUT2D eigenvalue weighted by atomic mass is 10.2. The molecular formula is C14H21N5S. The van der Waals surface area contributed by atoms with Crippen molar-refractivity contribution in [2.45, 2.75) is 58.0 Å². The number of anilines is 1. The predicted octanol–water partition coefficient (Wildman–Crippen LogP) is 3.59. The number of nitrogens with one attached hydrogen (secondary N) is 1. The van der Waals surface area contributed by atoms with Gasteiger partial charge in [-0.3, -0.25) is 4.68 Å². The highest BCUT2D eigenvalue weighted by Gasteiger charge is 2.17. The van der Waals surface area contributed by atoms with E-state index < -0.39 is 0 Å². The highest BCUT2D eigenvalue weighted by molar-refractivity contribution is 7.15. The third-order valence-corrected chi connectivity index (χ3v) is 4.90. The van der Waals surface area contributed by atoms with Crippen molar-refractivity contribution in [2.75, 3.05) is 5.32 Å². The summed E-state index contributed by atoms with van der Waals surface area (Å²) in [6.07, 6.45) is 7.31. The van der Waals surface area contributed by atoms with Crippen molar-refractivity contribution in [2.24, 2.45) is 0 Å². The number of hydrogen-bond donors (Lipinski definition) is 1. The fourth-order valence-electron chi connectivity index (χ4n) is 2.55. The number of rotatable bonds is 5. The lowest BCUT2D eigenvalue weighted by Crippen LogP contribution is -2.07. The normalized spacial score (nSPS) is 16.1. The molecule has 3 rings (SSSR count). The summed E-state index contributed by atoms with van der Waals surface area (Å²) >= 11 is 1.62. The van der Waals surface area contributed by atoms with E-state index in [2.05, 4.69) is 51.4 Å². The highest BCUT2D eigenvalue weighted by atomic mass is 32.1. The molecule has 0 aliphatic heterocycles. The van der Waals surface area contributed by atoms with Crippen molar-refractivity contribution >= 4 is 16.5 Å². The zero-order valence-corrected chi connectivity index (χ0v) is 12.9. The van der Waals surface area contributed by atoms with E-state index >= 15 is 0 Å². The van der Waals surface area contributed by atoms with E-state index in [0.29, 0.717) is 18.5 Å². The Labute approximate surface area is 123 Å². The molecule has 0 radical (unpaired) electrons. The van der Waals surface area contributed by atoms with Gasteiger partial charge in [-0.1, -0.05) is 38.0 Å². The topological polar surface area (TPSA) is 55.6 Å². The zero-order valence-electron chi connectivity index (χ0n) is 12.0. The molecule has 5 nitrogen and oxygen atoms in total. The standard InChI is InChI=1S/C14H21N5S/c1-10(2)13-16-17-14(20-13)15-9-11-7-8-19(18-11)12-5-3-4-6-12/h7-8,10,12H,3-6,9H2,1-2H3,(H,15,17). The van der Waals surface area contributed by atoms with Crippen molar-refractivity contribution in [3.05, 3.63) is 23.0 Å². The summed E-state index contributed by atoms with van der Waals surface area (Å²) in [5.41, 5.74) is 1.07. The van der Waals surface area contributed by atoms with Gasteiger partial charge in [0.2, 0.25) is 5.13 Å². The monoisotopic (exact) mass is 291 g/mol. The molecule has 1 N–H and O–H groups in total. The van der Waals surface area contributed by atoms with E-state index in [-0.39, 0.29) is 0 Å². The summed E-state index contributed by atoms with van der Waals surface area (Å²) < 4.78 is 2.13. The predicted molar refractivity (Wildman–Crippen MR) is 81.1 cm³/mol. The fraction of sp³-hybridized carbons (Fsp3) is 0.643. The second kappa shape index (κ2) is 5.91. The molecule has 0 spiro atoms. The maximum absolute atomic E-state index is 4.66. The van der Waals surface area contributed by atoms with E-state index in [1.807, 2.05) is 0 Å². The molecule has 0 aromatic carbocycles. The van der Waals surface area contributed by atoms with E-state index in [4.69, 9.17) is 0 Å². The Morgan fingerprint density at radius 1 is 1.35 bits per heavy atom. The Kier molecular flexibility index (Phi) is 4.00. The molecule has 2 aromatic rings. The number of aromatic nitrogens is 4. The van der Waals surface area contributed by atoms with Crippen LogP contribution in [0.25, 0.3) is 0 Å². The second-order valence-electron chi connectivity index (χ2n) is 5.68. The van der Waals surface area contributed by atoms with Gasteiger partial charge in [0.05, 0.1) is 18.3 Å². The Bertz CT molecular complexity index is 553. The molecular weight excluding hydrogens is 270 g/mol. The molecule has 0 atom stereocenters. The molecule has 1 aliphatic rings. The molecule has 1 fully saturated rings. The van der Waals surface area contributed by atoms with Crippen LogP contribution in [0.3, 0.4) is 0 Å². The van der Waals surface area contributed by atoms with Crippen molar-refractivity contribution in [1.82, 2.24) is 20.0 Å². The summed E-state index contributed by atoms with van der Waals surface area (Å²) in [7, 11) is 0. The Morgan fingerprint density at radius 3 is 2.85 bits per heavy atom. The summed E-state index contributed by atoms with van der Waals surface area (Å²) in [5.74, 6) is 0.435. The Hall–Kier alpha value is -1.43. The molecule has 20 heavy (non-hydrogen) atoms. The Balaban J connectivity index is 1.57. The van der Waals surface area contributed by atoms with Gasteiger partial charge >= 0.3 is 0 Å². The quantitative estimate of drug-likeness (QED) is 0.914. The third-order valence-electron chi connectivity index (χ3n) is 3.72. The smallest absolute Gasteiger partial charge is 0.206 e. The van der Waals surface area contributed by atoms with Crippen LogP contribution in [-0.4, -0.2) is 20.0 Å². The van der Waals surface area contributed by atoms with Crippen LogP contribution in [-0.2, 0) is 6.54 Å². The minimum absolute atomic E-state index is 0.435. The molecule has 2 aromatic heterocycles. The first-order chi connectivity index (χ1) is 9.72. The van der Waals surface area contributed by atoms with E-state index in [1.165, 1.54) is 25.7 Å². The van der Waals surface area contributed by atoms with Crippen LogP contribution in [0.15, 0.2) is 12.3 Å². The molecule has 6 heteroatoms. The number of nitrogens with zero attached hydrogens (tertiary/aromatic N) is 4. The van der Waals surface area contributed by atoms with Gasteiger partial charge in [-0.05, 0) is 18.9 Å². The first-order valence-corrected chi connectivity index (χ1v) is 8.15.